The summed E-state index contributed by atoms with van der Waals surface area (Å²) >= 11 is 1.23. The largest absolute Gasteiger partial charge is 0.338 e. The van der Waals surface area contributed by atoms with Gasteiger partial charge in [-0.25, -0.2) is 13.8 Å². The molecule has 6 nitrogen and oxygen atoms in total. The lowest BCUT2D eigenvalue weighted by Gasteiger charge is -2.26. The number of para-hydroxylation sites is 1. The van der Waals surface area contributed by atoms with Gasteiger partial charge in [-0.15, -0.1) is 11.3 Å². The van der Waals surface area contributed by atoms with Crippen molar-refractivity contribution in [2.75, 3.05) is 24.5 Å². The Bertz CT molecular complexity index is 1390. The maximum absolute atomic E-state index is 15.5. The molecule has 5 rings (SSSR count). The van der Waals surface area contributed by atoms with Crippen molar-refractivity contribution in [1.29, 1.82) is 0 Å². The number of piperidine rings is 1. The SMILES string of the molecule is Cc1nc(-c2ccccc2)sc1C(=O)N1CCC(F)(F)C(=CC(=O)N2CCC(=O)CC2)c2ccccc21. The number of allylic oxidation sites excluding steroid dienone is 1. The van der Waals surface area contributed by atoms with E-state index in [0.717, 1.165) is 11.6 Å². The topological polar surface area (TPSA) is 70.6 Å². The summed E-state index contributed by atoms with van der Waals surface area (Å²) in [4.78, 5) is 45.9. The Balaban J connectivity index is 1.51. The molecule has 0 saturated carbocycles. The lowest BCUT2D eigenvalue weighted by molar-refractivity contribution is -0.130. The van der Waals surface area contributed by atoms with Crippen molar-refractivity contribution >= 4 is 40.2 Å². The summed E-state index contributed by atoms with van der Waals surface area (Å²) in [6, 6.07) is 15.9. The number of Topliss-reactive ketones (excluding diaryl/α,β-unsaturated/α-hetero) is 1. The predicted molar refractivity (Wildman–Crippen MR) is 139 cm³/mol. The van der Waals surface area contributed by atoms with E-state index < -0.39 is 29.7 Å². The van der Waals surface area contributed by atoms with Crippen molar-refractivity contribution in [3.05, 3.63) is 76.8 Å². The number of amides is 2. The highest BCUT2D eigenvalue weighted by molar-refractivity contribution is 7.17. The number of carbonyl (C=O) groups excluding carboxylic acids is 3. The molecule has 3 aromatic rings. The van der Waals surface area contributed by atoms with E-state index in [-0.39, 0.29) is 43.8 Å². The minimum Gasteiger partial charge on any atom is -0.338 e. The molecule has 2 aliphatic heterocycles. The molecule has 37 heavy (non-hydrogen) atoms. The maximum atomic E-state index is 15.5. The maximum Gasteiger partial charge on any atom is 0.275 e. The standard InChI is InChI=1S/C28H25F2N3O3S/c1-18-25(37-26(31-18)19-7-3-2-4-8-19)27(36)33-16-13-28(29,30)22(21-9-5-6-10-23(21)33)17-24(35)32-14-11-20(34)12-15-32/h2-10,17H,11-16H2,1H3. The number of alkyl halides is 2. The third-order valence-corrected chi connectivity index (χ3v) is 7.88. The van der Waals surface area contributed by atoms with Gasteiger partial charge in [-0.1, -0.05) is 48.5 Å². The fraction of sp³-hybridized carbons (Fsp3) is 0.286. The van der Waals surface area contributed by atoms with E-state index in [2.05, 4.69) is 4.98 Å². The van der Waals surface area contributed by atoms with Gasteiger partial charge in [0.25, 0.3) is 11.8 Å². The molecule has 2 amide bonds. The lowest BCUT2D eigenvalue weighted by Crippen LogP contribution is -2.38. The molecule has 0 aliphatic carbocycles. The van der Waals surface area contributed by atoms with Crippen LogP contribution < -0.4 is 4.90 Å². The summed E-state index contributed by atoms with van der Waals surface area (Å²) in [6.07, 6.45) is 0.801. The zero-order valence-corrected chi connectivity index (χ0v) is 21.1. The van der Waals surface area contributed by atoms with Gasteiger partial charge in [0.15, 0.2) is 0 Å². The molecule has 1 saturated heterocycles. The van der Waals surface area contributed by atoms with Crippen LogP contribution in [0.1, 0.15) is 40.2 Å². The average Bonchev–Trinajstić information content (AvgIpc) is 3.25. The Morgan fingerprint density at radius 3 is 2.41 bits per heavy atom. The van der Waals surface area contributed by atoms with Gasteiger partial charge in [0.05, 0.1) is 11.4 Å². The molecular formula is C28H25F2N3O3S. The molecule has 0 unspecified atom stereocenters. The number of benzene rings is 2. The summed E-state index contributed by atoms with van der Waals surface area (Å²) in [7, 11) is 0. The summed E-state index contributed by atoms with van der Waals surface area (Å²) in [5.41, 5.74) is 1.47. The van der Waals surface area contributed by atoms with E-state index in [1.54, 1.807) is 25.1 Å². The number of rotatable bonds is 3. The van der Waals surface area contributed by atoms with E-state index in [1.807, 2.05) is 30.3 Å². The first kappa shape index (κ1) is 25.0. The number of halogens is 2. The van der Waals surface area contributed by atoms with E-state index in [1.165, 1.54) is 27.2 Å². The first-order valence-corrected chi connectivity index (χ1v) is 12.9. The number of anilines is 1. The second-order valence-electron chi connectivity index (χ2n) is 9.15. The first-order valence-electron chi connectivity index (χ1n) is 12.1. The Morgan fingerprint density at radius 1 is 1.00 bits per heavy atom. The van der Waals surface area contributed by atoms with Gasteiger partial charge < -0.3 is 9.80 Å². The van der Waals surface area contributed by atoms with Crippen molar-refractivity contribution in [1.82, 2.24) is 9.88 Å². The van der Waals surface area contributed by atoms with Gasteiger partial charge in [0.1, 0.15) is 15.7 Å². The smallest absolute Gasteiger partial charge is 0.275 e. The Labute approximate surface area is 217 Å². The van der Waals surface area contributed by atoms with Crippen LogP contribution in [-0.4, -0.2) is 53.0 Å². The van der Waals surface area contributed by atoms with Crippen molar-refractivity contribution < 1.29 is 23.2 Å². The molecule has 2 aromatic carbocycles. The third kappa shape index (κ3) is 4.96. The van der Waals surface area contributed by atoms with Gasteiger partial charge in [-0.3, -0.25) is 14.4 Å². The zero-order valence-electron chi connectivity index (χ0n) is 20.2. The van der Waals surface area contributed by atoms with Crippen LogP contribution in [0, 0.1) is 6.92 Å². The molecule has 0 spiro atoms. The van der Waals surface area contributed by atoms with E-state index in [0.29, 0.717) is 21.3 Å². The quantitative estimate of drug-likeness (QED) is 0.434. The molecule has 1 aromatic heterocycles. The molecule has 0 atom stereocenters. The van der Waals surface area contributed by atoms with Crippen molar-refractivity contribution in [3.8, 4) is 10.6 Å². The number of carbonyl (C=O) groups is 3. The van der Waals surface area contributed by atoms with Crippen LogP contribution in [0.4, 0.5) is 14.5 Å². The van der Waals surface area contributed by atoms with Crippen LogP contribution in [-0.2, 0) is 9.59 Å². The summed E-state index contributed by atoms with van der Waals surface area (Å²) in [6.45, 7) is 1.95. The molecular weight excluding hydrogens is 496 g/mol. The minimum atomic E-state index is -3.33. The number of hydrogen-bond donors (Lipinski definition) is 0. The molecule has 0 radical (unpaired) electrons. The molecule has 0 bridgehead atoms. The Hall–Kier alpha value is -3.72. The minimum absolute atomic E-state index is 0.0600. The second kappa shape index (κ2) is 9.97. The van der Waals surface area contributed by atoms with Gasteiger partial charge in [-0.05, 0) is 13.0 Å². The molecule has 190 valence electrons. The van der Waals surface area contributed by atoms with Crippen LogP contribution >= 0.6 is 11.3 Å². The number of ketones is 1. The van der Waals surface area contributed by atoms with Crippen molar-refractivity contribution in [2.45, 2.75) is 32.1 Å². The number of aryl methyl sites for hydroxylation is 1. The summed E-state index contributed by atoms with van der Waals surface area (Å²) < 4.78 is 31.0. The van der Waals surface area contributed by atoms with Crippen molar-refractivity contribution in [3.63, 3.8) is 0 Å². The van der Waals surface area contributed by atoms with E-state index in [4.69, 9.17) is 0 Å². The van der Waals surface area contributed by atoms with Gasteiger partial charge >= 0.3 is 0 Å². The normalized spacial score (nSPS) is 18.5. The van der Waals surface area contributed by atoms with Crippen molar-refractivity contribution in [2.24, 2.45) is 0 Å². The molecule has 9 heteroatoms. The number of aromatic nitrogens is 1. The van der Waals surface area contributed by atoms with Crippen LogP contribution in [0.15, 0.2) is 60.7 Å². The predicted octanol–water partition coefficient (Wildman–Crippen LogP) is 5.38. The van der Waals surface area contributed by atoms with Crippen LogP contribution in [0.25, 0.3) is 16.1 Å². The first-order chi connectivity index (χ1) is 17.7. The van der Waals surface area contributed by atoms with Crippen LogP contribution in [0.2, 0.25) is 0 Å². The van der Waals surface area contributed by atoms with Gasteiger partial charge in [0, 0.05) is 61.7 Å². The number of hydrogen-bond acceptors (Lipinski definition) is 5. The third-order valence-electron chi connectivity index (χ3n) is 6.69. The lowest BCUT2D eigenvalue weighted by atomic mass is 9.96. The Morgan fingerprint density at radius 2 is 1.68 bits per heavy atom. The average molecular weight is 522 g/mol. The number of nitrogens with zero attached hydrogens (tertiary/aromatic N) is 3. The molecule has 1 fully saturated rings. The number of likely N-dealkylation sites (tertiary alicyclic amines) is 1. The number of thiazole rings is 1. The highest BCUT2D eigenvalue weighted by Crippen LogP contribution is 2.44. The van der Waals surface area contributed by atoms with E-state index in [9.17, 15) is 14.4 Å². The van der Waals surface area contributed by atoms with Crippen LogP contribution in [0.5, 0.6) is 0 Å². The zero-order chi connectivity index (χ0) is 26.2. The Kier molecular flexibility index (Phi) is 6.72. The summed E-state index contributed by atoms with van der Waals surface area (Å²) in [5, 5.41) is 0.682. The summed E-state index contributed by atoms with van der Waals surface area (Å²) in [5.74, 6) is -4.22. The highest BCUT2D eigenvalue weighted by atomic mass is 32.1. The highest BCUT2D eigenvalue weighted by Gasteiger charge is 2.42. The fourth-order valence-electron chi connectivity index (χ4n) is 4.65. The monoisotopic (exact) mass is 521 g/mol. The molecule has 0 N–H and O–H groups in total. The van der Waals surface area contributed by atoms with E-state index >= 15 is 8.78 Å². The fourth-order valence-corrected chi connectivity index (χ4v) is 5.67. The number of fused-ring (bicyclic) bond motifs is 1. The van der Waals surface area contributed by atoms with Crippen LogP contribution in [0.3, 0.4) is 0 Å². The molecule has 2 aliphatic rings. The second-order valence-corrected chi connectivity index (χ2v) is 10.1. The van der Waals surface area contributed by atoms with Gasteiger partial charge in [-0.2, -0.15) is 0 Å². The molecule has 3 heterocycles. The van der Waals surface area contributed by atoms with Gasteiger partial charge in [0.2, 0.25) is 5.91 Å².